The van der Waals surface area contributed by atoms with Crippen molar-refractivity contribution in [3.8, 4) is 5.75 Å². The molecule has 3 amide bonds. The first kappa shape index (κ1) is 29.5. The van der Waals surface area contributed by atoms with Crippen LogP contribution in [0.3, 0.4) is 0 Å². The lowest BCUT2D eigenvalue weighted by Crippen LogP contribution is -2.54. The molecular weight excluding hydrogens is 590 g/mol. The predicted molar refractivity (Wildman–Crippen MR) is 159 cm³/mol. The van der Waals surface area contributed by atoms with Gasteiger partial charge in [-0.05, 0) is 81.8 Å². The van der Waals surface area contributed by atoms with Crippen LogP contribution in [0, 0.1) is 25.7 Å². The van der Waals surface area contributed by atoms with E-state index in [1.165, 1.54) is 0 Å². The van der Waals surface area contributed by atoms with Crippen LogP contribution in [0.15, 0.2) is 42.5 Å². The maximum atomic E-state index is 14.1. The maximum absolute atomic E-state index is 14.1. The molecule has 1 spiro atoms. The summed E-state index contributed by atoms with van der Waals surface area (Å²) in [4.78, 5) is 43.4. The lowest BCUT2D eigenvalue weighted by molar-refractivity contribution is -0.139. The molecule has 0 radical (unpaired) electrons. The van der Waals surface area contributed by atoms with Gasteiger partial charge in [0.25, 0.3) is 0 Å². The van der Waals surface area contributed by atoms with Crippen LogP contribution < -0.4 is 15.4 Å². The Bertz CT molecular complexity index is 1280. The van der Waals surface area contributed by atoms with E-state index in [2.05, 4.69) is 26.6 Å². The lowest BCUT2D eigenvalue weighted by Gasteiger charge is -2.34. The number of likely N-dealkylation sites (tertiary alicyclic amines) is 1. The van der Waals surface area contributed by atoms with Gasteiger partial charge in [-0.1, -0.05) is 34.1 Å². The third-order valence-electron chi connectivity index (χ3n) is 8.56. The van der Waals surface area contributed by atoms with Crippen LogP contribution in [0.5, 0.6) is 5.75 Å². The third kappa shape index (κ3) is 5.37. The number of aliphatic hydroxyl groups excluding tert-OH is 1. The van der Waals surface area contributed by atoms with Crippen molar-refractivity contribution in [3.63, 3.8) is 0 Å². The number of aliphatic hydroxyl groups is 1. The zero-order valence-electron chi connectivity index (χ0n) is 23.7. The minimum Gasteiger partial charge on any atom is -0.494 e. The Morgan fingerprint density at radius 1 is 1.07 bits per heavy atom. The molecule has 0 aromatic heterocycles. The number of amides is 3. The molecule has 3 aliphatic heterocycles. The topological polar surface area (TPSA) is 117 Å². The highest BCUT2D eigenvalue weighted by molar-refractivity contribution is 9.09. The van der Waals surface area contributed by atoms with Crippen molar-refractivity contribution in [1.29, 1.82) is 0 Å². The number of carbonyl (C=O) groups excluding carboxylic acids is 3. The molecule has 6 atom stereocenters. The molecule has 0 aliphatic carbocycles. The molecule has 3 unspecified atom stereocenters. The van der Waals surface area contributed by atoms with Crippen LogP contribution >= 0.6 is 15.9 Å². The highest BCUT2D eigenvalue weighted by atomic mass is 79.9. The van der Waals surface area contributed by atoms with Gasteiger partial charge in [-0.3, -0.25) is 14.4 Å². The number of nitrogens with one attached hydrogen (secondary N) is 2. The second kappa shape index (κ2) is 12.1. The van der Waals surface area contributed by atoms with Crippen LogP contribution in [-0.4, -0.2) is 70.1 Å². The molecule has 3 saturated heterocycles. The fourth-order valence-electron chi connectivity index (χ4n) is 6.77. The molecule has 3 aliphatic rings. The number of anilines is 2. The van der Waals surface area contributed by atoms with E-state index in [1.54, 1.807) is 29.2 Å². The molecule has 10 heteroatoms. The van der Waals surface area contributed by atoms with Crippen molar-refractivity contribution < 1.29 is 29.0 Å². The lowest BCUT2D eigenvalue weighted by atomic mass is 9.70. The van der Waals surface area contributed by atoms with Gasteiger partial charge in [0, 0.05) is 29.4 Å². The van der Waals surface area contributed by atoms with E-state index >= 15 is 0 Å². The number of unbranched alkanes of at least 4 members (excludes halogenated alkanes) is 2. The fraction of sp³-hybridized carbons (Fsp3) is 0.516. The van der Waals surface area contributed by atoms with Crippen LogP contribution in [0.1, 0.15) is 43.7 Å². The molecule has 9 nitrogen and oxygen atoms in total. The first-order valence-corrected chi connectivity index (χ1v) is 15.3. The molecule has 0 saturated carbocycles. The molecule has 2 bridgehead atoms. The number of hydrogen-bond donors (Lipinski definition) is 3. The van der Waals surface area contributed by atoms with Crippen molar-refractivity contribution in [3.05, 3.63) is 53.6 Å². The SMILES string of the molecule is CCOc1ccc(NC(=O)[C@H]2[C@H]3C(=O)N(CCCCCO)C(C(=O)Nc4c(C)cccc4C)C34CC(Br)[C@@H]2O4)cc1. The van der Waals surface area contributed by atoms with Gasteiger partial charge in [0.05, 0.1) is 24.5 Å². The van der Waals surface area contributed by atoms with Crippen molar-refractivity contribution in [2.45, 2.75) is 69.0 Å². The van der Waals surface area contributed by atoms with E-state index in [0.717, 1.165) is 23.2 Å². The molecular formula is C31H38BrN3O6. The van der Waals surface area contributed by atoms with Crippen LogP contribution in [-0.2, 0) is 19.1 Å². The number of rotatable bonds is 11. The number of alkyl halides is 1. The summed E-state index contributed by atoms with van der Waals surface area (Å²) < 4.78 is 12.1. The highest BCUT2D eigenvalue weighted by Crippen LogP contribution is 2.60. The Labute approximate surface area is 249 Å². The number of halogens is 1. The Hall–Kier alpha value is -2.95. The van der Waals surface area contributed by atoms with Gasteiger partial charge in [-0.15, -0.1) is 0 Å². The van der Waals surface area contributed by atoms with E-state index in [0.29, 0.717) is 43.9 Å². The molecule has 220 valence electrons. The van der Waals surface area contributed by atoms with Gasteiger partial charge in [0.2, 0.25) is 17.7 Å². The second-order valence-electron chi connectivity index (χ2n) is 11.2. The summed E-state index contributed by atoms with van der Waals surface area (Å²) in [6.45, 7) is 6.73. The summed E-state index contributed by atoms with van der Waals surface area (Å²) in [5.41, 5.74) is 2.03. The van der Waals surface area contributed by atoms with E-state index in [4.69, 9.17) is 9.47 Å². The zero-order chi connectivity index (χ0) is 29.3. The second-order valence-corrected chi connectivity index (χ2v) is 12.4. The first-order chi connectivity index (χ1) is 19.7. The Balaban J connectivity index is 1.45. The largest absolute Gasteiger partial charge is 0.494 e. The number of aryl methyl sites for hydroxylation is 2. The number of carbonyl (C=O) groups is 3. The van der Waals surface area contributed by atoms with Crippen LogP contribution in [0.2, 0.25) is 0 Å². The quantitative estimate of drug-likeness (QED) is 0.254. The van der Waals surface area contributed by atoms with Gasteiger partial charge < -0.3 is 30.1 Å². The molecule has 5 rings (SSSR count). The zero-order valence-corrected chi connectivity index (χ0v) is 25.3. The Kier molecular flexibility index (Phi) is 8.73. The molecule has 3 N–H and O–H groups in total. The highest BCUT2D eigenvalue weighted by Gasteiger charge is 2.76. The number of fused-ring (bicyclic) bond motifs is 1. The van der Waals surface area contributed by atoms with Gasteiger partial charge in [0.15, 0.2) is 0 Å². The summed E-state index contributed by atoms with van der Waals surface area (Å²) in [6.07, 6.45) is 1.87. The van der Waals surface area contributed by atoms with E-state index < -0.39 is 29.6 Å². The van der Waals surface area contributed by atoms with E-state index in [1.807, 2.05) is 39.0 Å². The molecule has 3 fully saturated rings. The van der Waals surface area contributed by atoms with Crippen molar-refractivity contribution in [2.24, 2.45) is 11.8 Å². The summed E-state index contributed by atoms with van der Waals surface area (Å²) in [5, 5.41) is 15.3. The number of para-hydroxylation sites is 1. The van der Waals surface area contributed by atoms with E-state index in [9.17, 15) is 19.5 Å². The molecule has 2 aromatic rings. The monoisotopic (exact) mass is 627 g/mol. The smallest absolute Gasteiger partial charge is 0.250 e. The number of ether oxygens (including phenoxy) is 2. The molecule has 41 heavy (non-hydrogen) atoms. The van der Waals surface area contributed by atoms with Gasteiger partial charge in [-0.2, -0.15) is 0 Å². The van der Waals surface area contributed by atoms with Gasteiger partial charge in [0.1, 0.15) is 17.4 Å². The summed E-state index contributed by atoms with van der Waals surface area (Å²) in [6, 6.07) is 12.0. The summed E-state index contributed by atoms with van der Waals surface area (Å²) >= 11 is 3.72. The Morgan fingerprint density at radius 3 is 2.44 bits per heavy atom. The third-order valence-corrected chi connectivity index (χ3v) is 9.40. The minimum absolute atomic E-state index is 0.0703. The minimum atomic E-state index is -1.13. The van der Waals surface area contributed by atoms with Gasteiger partial charge in [-0.25, -0.2) is 0 Å². The van der Waals surface area contributed by atoms with Crippen molar-refractivity contribution in [2.75, 3.05) is 30.4 Å². The van der Waals surface area contributed by atoms with Crippen LogP contribution in [0.25, 0.3) is 0 Å². The number of benzene rings is 2. The van der Waals surface area contributed by atoms with Crippen LogP contribution in [0.4, 0.5) is 11.4 Å². The average molecular weight is 629 g/mol. The number of nitrogens with zero attached hydrogens (tertiary/aromatic N) is 1. The van der Waals surface area contributed by atoms with Crippen molar-refractivity contribution >= 4 is 45.0 Å². The molecule has 3 heterocycles. The van der Waals surface area contributed by atoms with E-state index in [-0.39, 0.29) is 29.2 Å². The molecule has 2 aromatic carbocycles. The summed E-state index contributed by atoms with van der Waals surface area (Å²) in [7, 11) is 0. The number of hydrogen-bond acceptors (Lipinski definition) is 6. The van der Waals surface area contributed by atoms with Gasteiger partial charge >= 0.3 is 0 Å². The predicted octanol–water partition coefficient (Wildman–Crippen LogP) is 4.19. The Morgan fingerprint density at radius 2 is 1.78 bits per heavy atom. The average Bonchev–Trinajstić information content (AvgIpc) is 3.53. The maximum Gasteiger partial charge on any atom is 0.250 e. The summed E-state index contributed by atoms with van der Waals surface area (Å²) in [5.74, 6) is -1.69. The fourth-order valence-corrected chi connectivity index (χ4v) is 7.71. The first-order valence-electron chi connectivity index (χ1n) is 14.4. The van der Waals surface area contributed by atoms with Crippen molar-refractivity contribution in [1.82, 2.24) is 4.90 Å². The normalized spacial score (nSPS) is 28.1. The standard InChI is InChI=1S/C31H38BrN3O6/c1-4-40-21-13-11-20(12-14-21)33-28(37)23-24-30(39)35(15-6-5-7-16-36)27(31(24)17-22(32)26(23)41-31)29(38)34-25-18(2)9-8-10-19(25)3/h8-14,22-24,26-27,36H,4-7,15-17H2,1-3H3,(H,33,37)(H,34,38)/t22?,23-,24-,26-,27?,31?/m0/s1.